The summed E-state index contributed by atoms with van der Waals surface area (Å²) in [4.78, 5) is 0. The van der Waals surface area contributed by atoms with E-state index in [-0.39, 0.29) is 12.4 Å². The van der Waals surface area contributed by atoms with E-state index in [4.69, 9.17) is 5.73 Å². The molecular formula is C12H14ClF3N2OS2. The van der Waals surface area contributed by atoms with Gasteiger partial charge in [-0.2, -0.15) is 13.2 Å². The van der Waals surface area contributed by atoms with E-state index in [1.54, 1.807) is 4.57 Å². The Kier molecular flexibility index (Phi) is 6.01. The van der Waals surface area contributed by atoms with Gasteiger partial charge in [0.2, 0.25) is 0 Å². The quantitative estimate of drug-likeness (QED) is 0.753. The zero-order valence-corrected chi connectivity index (χ0v) is 13.5. The zero-order valence-electron chi connectivity index (χ0n) is 11.1. The highest BCUT2D eigenvalue weighted by atomic mass is 35.5. The smallest absolute Gasteiger partial charge is 0.416 e. The molecule has 9 heteroatoms. The molecule has 0 bridgehead atoms. The minimum Gasteiger partial charge on any atom is -1.00 e. The fourth-order valence-electron chi connectivity index (χ4n) is 1.85. The van der Waals surface area contributed by atoms with Gasteiger partial charge >= 0.3 is 11.3 Å². The van der Waals surface area contributed by atoms with Crippen molar-refractivity contribution in [3.63, 3.8) is 0 Å². The summed E-state index contributed by atoms with van der Waals surface area (Å²) in [5, 5.41) is 0.424. The average molecular weight is 359 g/mol. The predicted molar refractivity (Wildman–Crippen MR) is 75.0 cm³/mol. The summed E-state index contributed by atoms with van der Waals surface area (Å²) in [6.07, 6.45) is -4.36. The summed E-state index contributed by atoms with van der Waals surface area (Å²) in [6.45, 7) is 2.27. The van der Waals surface area contributed by atoms with Crippen molar-refractivity contribution in [2.45, 2.75) is 19.6 Å². The molecule has 0 aliphatic heterocycles. The highest BCUT2D eigenvalue weighted by molar-refractivity contribution is 7.84. The number of nitrogens with zero attached hydrogens (tertiary/aromatic N) is 1. The molecule has 1 aromatic heterocycles. The van der Waals surface area contributed by atoms with E-state index in [0.29, 0.717) is 33.4 Å². The van der Waals surface area contributed by atoms with Crippen LogP contribution in [-0.2, 0) is 23.5 Å². The van der Waals surface area contributed by atoms with Crippen molar-refractivity contribution < 1.29 is 34.4 Å². The van der Waals surface area contributed by atoms with Crippen LogP contribution in [0.5, 0.6) is 0 Å². The number of aryl methyl sites for hydroxylation is 1. The number of nitrogen functional groups attached to an aromatic ring is 1. The molecule has 118 valence electrons. The van der Waals surface area contributed by atoms with Crippen LogP contribution in [0.3, 0.4) is 0 Å². The Morgan fingerprint density at radius 3 is 2.62 bits per heavy atom. The molecule has 0 aliphatic rings. The molecule has 1 unspecified atom stereocenters. The van der Waals surface area contributed by atoms with Crippen LogP contribution in [0.15, 0.2) is 18.2 Å². The van der Waals surface area contributed by atoms with Crippen molar-refractivity contribution in [3.8, 4) is 0 Å². The molecule has 1 aromatic carbocycles. The second-order valence-corrected chi connectivity index (χ2v) is 7.13. The summed E-state index contributed by atoms with van der Waals surface area (Å²) in [5.41, 5.74) is 5.80. The van der Waals surface area contributed by atoms with Crippen molar-refractivity contribution >= 4 is 37.5 Å². The first-order valence-corrected chi connectivity index (χ1v) is 8.27. The van der Waals surface area contributed by atoms with Gasteiger partial charge in [0.05, 0.1) is 16.0 Å². The number of nitrogens with two attached hydrogens (primary N) is 1. The van der Waals surface area contributed by atoms with E-state index in [9.17, 15) is 17.4 Å². The Hall–Kier alpha value is -0.860. The fraction of sp³-hybridized carbons (Fsp3) is 0.417. The maximum Gasteiger partial charge on any atom is 0.416 e. The van der Waals surface area contributed by atoms with Crippen LogP contribution < -0.4 is 22.7 Å². The lowest BCUT2D eigenvalue weighted by Gasteiger charge is -2.05. The Labute approximate surface area is 132 Å². The summed E-state index contributed by atoms with van der Waals surface area (Å²) >= 11 is 1.11. The number of aromatic nitrogens is 1. The lowest BCUT2D eigenvalue weighted by atomic mass is 10.2. The second-order valence-electron chi connectivity index (χ2n) is 4.20. The lowest BCUT2D eigenvalue weighted by Crippen LogP contribution is -3.00. The van der Waals surface area contributed by atoms with Crippen molar-refractivity contribution in [2.24, 2.45) is 0 Å². The predicted octanol–water partition coefficient (Wildman–Crippen LogP) is -0.438. The summed E-state index contributed by atoms with van der Waals surface area (Å²) in [7, 11) is -0.933. The van der Waals surface area contributed by atoms with Crippen molar-refractivity contribution in [2.75, 3.05) is 17.2 Å². The lowest BCUT2D eigenvalue weighted by molar-refractivity contribution is -0.648. The van der Waals surface area contributed by atoms with Crippen LogP contribution in [0.2, 0.25) is 0 Å². The molecule has 0 spiro atoms. The third kappa shape index (κ3) is 4.08. The molecule has 21 heavy (non-hydrogen) atoms. The second kappa shape index (κ2) is 6.93. The fourth-order valence-corrected chi connectivity index (χ4v) is 3.52. The van der Waals surface area contributed by atoms with Gasteiger partial charge in [-0.15, -0.1) is 0 Å². The third-order valence-corrected chi connectivity index (χ3v) is 5.18. The first-order valence-electron chi connectivity index (χ1n) is 5.97. The van der Waals surface area contributed by atoms with Crippen LogP contribution in [0.1, 0.15) is 12.5 Å². The Balaban J connectivity index is 0.00000220. The van der Waals surface area contributed by atoms with Gasteiger partial charge in [-0.05, 0) is 29.5 Å². The third-order valence-electron chi connectivity index (χ3n) is 2.92. The zero-order chi connectivity index (χ0) is 14.9. The monoisotopic (exact) mass is 358 g/mol. The van der Waals surface area contributed by atoms with E-state index in [2.05, 4.69) is 0 Å². The largest absolute Gasteiger partial charge is 1.00 e. The minimum atomic E-state index is -4.36. The van der Waals surface area contributed by atoms with Gasteiger partial charge in [0.15, 0.2) is 0 Å². The Morgan fingerprint density at radius 2 is 2.05 bits per heavy atom. The number of thiazole rings is 1. The normalized spacial score (nSPS) is 13.1. The molecule has 3 nitrogen and oxygen atoms in total. The molecule has 0 amide bonds. The van der Waals surface area contributed by atoms with Crippen LogP contribution >= 0.6 is 11.3 Å². The van der Waals surface area contributed by atoms with E-state index in [1.807, 2.05) is 6.92 Å². The highest BCUT2D eigenvalue weighted by Gasteiger charge is 2.31. The van der Waals surface area contributed by atoms with Gasteiger partial charge < -0.3 is 12.4 Å². The molecule has 0 fully saturated rings. The minimum absolute atomic E-state index is 0. The van der Waals surface area contributed by atoms with Gasteiger partial charge in [0.25, 0.3) is 0 Å². The number of benzene rings is 1. The summed E-state index contributed by atoms with van der Waals surface area (Å²) in [5.74, 6) is 0.999. The van der Waals surface area contributed by atoms with Crippen LogP contribution in [0.4, 0.5) is 18.3 Å². The molecule has 2 rings (SSSR count). The van der Waals surface area contributed by atoms with Crippen LogP contribution in [0, 0.1) is 0 Å². The van der Waals surface area contributed by atoms with Gasteiger partial charge in [-0.25, -0.2) is 4.57 Å². The topological polar surface area (TPSA) is 47.0 Å². The number of halogens is 4. The van der Waals surface area contributed by atoms with E-state index >= 15 is 0 Å². The van der Waals surface area contributed by atoms with Gasteiger partial charge in [0.1, 0.15) is 12.1 Å². The average Bonchev–Trinajstić information content (AvgIpc) is 2.69. The summed E-state index contributed by atoms with van der Waals surface area (Å²) < 4.78 is 51.6. The van der Waals surface area contributed by atoms with Crippen LogP contribution in [-0.4, -0.2) is 15.7 Å². The number of anilines is 1. The maximum absolute atomic E-state index is 12.6. The first-order chi connectivity index (χ1) is 9.32. The molecule has 2 aromatic rings. The number of fused-ring (bicyclic) bond motifs is 1. The molecule has 0 saturated heterocycles. The molecule has 0 radical (unpaired) electrons. The molecule has 0 saturated carbocycles. The molecule has 1 atom stereocenters. The van der Waals surface area contributed by atoms with Crippen molar-refractivity contribution in [1.82, 2.24) is 0 Å². The van der Waals surface area contributed by atoms with Crippen molar-refractivity contribution in [3.05, 3.63) is 23.8 Å². The standard InChI is InChI=1S/C12H13F3N2OS2.ClH/c1-2-20(18)6-5-17-9-4-3-8(12(13,14)15)7-10(9)19-11(17)16;/h3-4,7,16H,2,5-6H2,1H3;1H. The van der Waals surface area contributed by atoms with Gasteiger partial charge in [-0.1, -0.05) is 6.92 Å². The first kappa shape index (κ1) is 18.2. The van der Waals surface area contributed by atoms with Crippen molar-refractivity contribution in [1.29, 1.82) is 0 Å². The van der Waals surface area contributed by atoms with Gasteiger partial charge in [-0.3, -0.25) is 9.94 Å². The van der Waals surface area contributed by atoms with E-state index in [1.165, 1.54) is 6.07 Å². The number of hydrogen-bond donors (Lipinski definition) is 1. The van der Waals surface area contributed by atoms with E-state index < -0.39 is 22.5 Å². The van der Waals surface area contributed by atoms with Gasteiger partial charge in [0, 0.05) is 16.6 Å². The molecule has 1 heterocycles. The molecule has 2 N–H and O–H groups in total. The molecular weight excluding hydrogens is 345 g/mol. The Bertz CT molecular complexity index is 658. The van der Waals surface area contributed by atoms with Crippen LogP contribution in [0.25, 0.3) is 10.2 Å². The SMILES string of the molecule is CCS(=O)CC[n+]1c(N)sc2cc(C(F)(F)F)ccc21.[Cl-]. The Morgan fingerprint density at radius 1 is 1.38 bits per heavy atom. The number of hydrogen-bond acceptors (Lipinski definition) is 3. The number of alkyl halides is 3. The maximum atomic E-state index is 12.6. The van der Waals surface area contributed by atoms with E-state index in [0.717, 1.165) is 23.5 Å². The molecule has 0 aliphatic carbocycles. The summed E-state index contributed by atoms with van der Waals surface area (Å²) in [6, 6.07) is 3.56. The number of rotatable bonds is 4. The highest BCUT2D eigenvalue weighted by Crippen LogP contribution is 2.33.